The molecule has 4 aliphatic rings. The second-order valence-corrected chi connectivity index (χ2v) is 19.0. The summed E-state index contributed by atoms with van der Waals surface area (Å²) < 4.78 is 7.97. The smallest absolute Gasteiger partial charge is 0.264 e. The first-order valence-electron chi connectivity index (χ1n) is 25.3. The van der Waals surface area contributed by atoms with Gasteiger partial charge in [-0.25, -0.2) is 14.6 Å². The van der Waals surface area contributed by atoms with Crippen LogP contribution in [0.5, 0.6) is 11.5 Å². The number of para-hydroxylation sites is 1. The molecule has 0 aliphatic carbocycles. The molecule has 0 radical (unpaired) electrons. The molecule has 6 heterocycles. The fourth-order valence-corrected chi connectivity index (χ4v) is 10.4. The number of ether oxygens (including phenoxy) is 1. The Bertz CT molecular complexity index is 2650. The van der Waals surface area contributed by atoms with Crippen molar-refractivity contribution in [2.45, 2.75) is 102 Å². The minimum absolute atomic E-state index is 0.0183. The van der Waals surface area contributed by atoms with E-state index in [1.807, 2.05) is 64.2 Å². The van der Waals surface area contributed by atoms with E-state index in [9.17, 15) is 24.0 Å². The maximum Gasteiger partial charge on any atom is 0.264 e. The van der Waals surface area contributed by atoms with Crippen molar-refractivity contribution in [3.05, 3.63) is 90.3 Å². The van der Waals surface area contributed by atoms with Gasteiger partial charge in [-0.3, -0.25) is 34.2 Å². The summed E-state index contributed by atoms with van der Waals surface area (Å²) in [4.78, 5) is 81.1. The number of nitrogens with two attached hydrogens (primary N) is 1. The molecular weight excluding hydrogens is 887 g/mol. The Hall–Kier alpha value is -6.72. The molecule has 17 heteroatoms. The van der Waals surface area contributed by atoms with Crippen molar-refractivity contribution in [2.24, 2.45) is 0 Å². The van der Waals surface area contributed by atoms with Crippen LogP contribution in [0.1, 0.15) is 117 Å². The highest BCUT2D eigenvalue weighted by atomic mass is 16.5. The molecule has 5 amide bonds. The topological polar surface area (TPSA) is 201 Å². The highest BCUT2D eigenvalue weighted by Crippen LogP contribution is 2.36. The lowest BCUT2D eigenvalue weighted by atomic mass is 10.0. The molecule has 70 heavy (non-hydrogen) atoms. The molecule has 0 bridgehead atoms. The quantitative estimate of drug-likeness (QED) is 0.0499. The Morgan fingerprint density at radius 2 is 1.44 bits per heavy atom. The maximum absolute atomic E-state index is 13.6. The first-order valence-corrected chi connectivity index (χ1v) is 25.3. The van der Waals surface area contributed by atoms with Crippen molar-refractivity contribution < 1.29 is 28.7 Å². The molecule has 5 aromatic rings. The lowest BCUT2D eigenvalue weighted by molar-refractivity contribution is -0.136. The SMILES string of the molecule is Nc1ncnc2c1c(-c1ccc(Oc3ccccc3)cc1)nn2[C@@H]1CCCN(C(=O)CCCN2CCN(CCCCCCCCCCNc3cccc4c3C(=O)N(C3CCC(=O)NC3=O)C4=O)CC2)C1. The zero-order valence-electron chi connectivity index (χ0n) is 40.0. The minimum Gasteiger partial charge on any atom is -0.457 e. The number of piperazine rings is 1. The van der Waals surface area contributed by atoms with E-state index in [0.717, 1.165) is 112 Å². The molecule has 17 nitrogen and oxygen atoms in total. The number of likely N-dealkylation sites (tertiary alicyclic amines) is 1. The van der Waals surface area contributed by atoms with E-state index in [-0.39, 0.29) is 30.7 Å². The van der Waals surface area contributed by atoms with E-state index in [4.69, 9.17) is 15.6 Å². The van der Waals surface area contributed by atoms with E-state index in [2.05, 4.69) is 30.4 Å². The molecule has 0 saturated carbocycles. The second-order valence-electron chi connectivity index (χ2n) is 19.0. The molecule has 0 spiro atoms. The number of nitrogens with one attached hydrogen (secondary N) is 2. The molecule has 3 fully saturated rings. The number of piperidine rings is 2. The van der Waals surface area contributed by atoms with E-state index in [1.54, 1.807) is 18.2 Å². The fraction of sp³-hybridized carbons (Fsp3) is 0.472. The van der Waals surface area contributed by atoms with Gasteiger partial charge < -0.3 is 30.5 Å². The van der Waals surface area contributed by atoms with Gasteiger partial charge in [-0.05, 0) is 100 Å². The monoisotopic (exact) mass is 952 g/mol. The Morgan fingerprint density at radius 3 is 2.19 bits per heavy atom. The van der Waals surface area contributed by atoms with Crippen LogP contribution >= 0.6 is 0 Å². The lowest BCUT2D eigenvalue weighted by Gasteiger charge is -2.35. The average Bonchev–Trinajstić information content (AvgIpc) is 3.89. The minimum atomic E-state index is -0.970. The molecule has 3 saturated heterocycles. The summed E-state index contributed by atoms with van der Waals surface area (Å²) >= 11 is 0. The Kier molecular flexibility index (Phi) is 15.7. The van der Waals surface area contributed by atoms with Crippen LogP contribution < -0.4 is 21.1 Å². The fourth-order valence-electron chi connectivity index (χ4n) is 10.4. The van der Waals surface area contributed by atoms with Crippen LogP contribution in [0.4, 0.5) is 11.5 Å². The number of rotatable bonds is 21. The predicted octanol–water partition coefficient (Wildman–Crippen LogP) is 7.06. The number of nitrogens with zero attached hydrogens (tertiary/aromatic N) is 8. The molecular formula is C53H65N11O6. The van der Waals surface area contributed by atoms with Crippen LogP contribution in [0.3, 0.4) is 0 Å². The highest BCUT2D eigenvalue weighted by Gasteiger charge is 2.45. The number of hydrogen-bond donors (Lipinski definition) is 3. The molecule has 368 valence electrons. The van der Waals surface area contributed by atoms with Crippen LogP contribution in [0, 0.1) is 0 Å². The first kappa shape index (κ1) is 48.3. The molecule has 1 unspecified atom stereocenters. The zero-order valence-corrected chi connectivity index (χ0v) is 40.0. The molecule has 3 aromatic carbocycles. The summed E-state index contributed by atoms with van der Waals surface area (Å²) in [5.41, 5.74) is 9.94. The van der Waals surface area contributed by atoms with Gasteiger partial charge in [-0.1, -0.05) is 62.8 Å². The van der Waals surface area contributed by atoms with Gasteiger partial charge in [-0.2, -0.15) is 5.10 Å². The number of benzene rings is 3. The Labute approximate surface area is 409 Å². The zero-order chi connectivity index (χ0) is 48.4. The summed E-state index contributed by atoms with van der Waals surface area (Å²) in [6.45, 7) is 8.33. The van der Waals surface area contributed by atoms with Gasteiger partial charge >= 0.3 is 0 Å². The van der Waals surface area contributed by atoms with Gasteiger partial charge in [0.1, 0.15) is 35.4 Å². The third-order valence-electron chi connectivity index (χ3n) is 14.2. The summed E-state index contributed by atoms with van der Waals surface area (Å²) in [7, 11) is 0. The van der Waals surface area contributed by atoms with Gasteiger partial charge in [-0.15, -0.1) is 0 Å². The molecule has 2 aromatic heterocycles. The van der Waals surface area contributed by atoms with Crippen LogP contribution in [0.2, 0.25) is 0 Å². The average molecular weight is 952 g/mol. The lowest BCUT2D eigenvalue weighted by Crippen LogP contribution is -2.54. The molecule has 4 N–H and O–H groups in total. The van der Waals surface area contributed by atoms with Crippen LogP contribution in [-0.2, 0) is 14.4 Å². The summed E-state index contributed by atoms with van der Waals surface area (Å²) in [6.07, 6.45) is 14.2. The second kappa shape index (κ2) is 22.8. The first-order chi connectivity index (χ1) is 34.2. The van der Waals surface area contributed by atoms with E-state index in [0.29, 0.717) is 53.2 Å². The third-order valence-corrected chi connectivity index (χ3v) is 14.2. The van der Waals surface area contributed by atoms with Crippen molar-refractivity contribution in [1.82, 2.24) is 44.7 Å². The predicted molar refractivity (Wildman–Crippen MR) is 267 cm³/mol. The molecule has 2 atom stereocenters. The largest absolute Gasteiger partial charge is 0.457 e. The number of carbonyl (C=O) groups is 5. The van der Waals surface area contributed by atoms with Gasteiger partial charge in [0.15, 0.2) is 5.65 Å². The van der Waals surface area contributed by atoms with E-state index < -0.39 is 23.8 Å². The van der Waals surface area contributed by atoms with Crippen molar-refractivity contribution in [1.29, 1.82) is 0 Å². The highest BCUT2D eigenvalue weighted by molar-refractivity contribution is 6.25. The number of aromatic nitrogens is 4. The van der Waals surface area contributed by atoms with Crippen molar-refractivity contribution in [2.75, 3.05) is 70.0 Å². The normalized spacial score (nSPS) is 18.9. The van der Waals surface area contributed by atoms with Gasteiger partial charge in [0.2, 0.25) is 17.7 Å². The summed E-state index contributed by atoms with van der Waals surface area (Å²) in [6, 6.07) is 21.7. The van der Waals surface area contributed by atoms with Crippen LogP contribution in [-0.4, -0.2) is 134 Å². The van der Waals surface area contributed by atoms with Gasteiger partial charge in [0.05, 0.1) is 22.6 Å². The Morgan fingerprint density at radius 1 is 0.743 bits per heavy atom. The van der Waals surface area contributed by atoms with Crippen LogP contribution in [0.15, 0.2) is 79.1 Å². The number of carbonyl (C=O) groups excluding carboxylic acids is 5. The maximum atomic E-state index is 13.6. The van der Waals surface area contributed by atoms with Crippen molar-refractivity contribution in [3.8, 4) is 22.8 Å². The number of fused-ring (bicyclic) bond motifs is 2. The number of amides is 5. The number of nitrogen functional groups attached to an aromatic ring is 1. The van der Waals surface area contributed by atoms with Crippen molar-refractivity contribution in [3.63, 3.8) is 0 Å². The number of imide groups is 2. The number of hydrogen-bond acceptors (Lipinski definition) is 13. The number of anilines is 2. The van der Waals surface area contributed by atoms with Gasteiger partial charge in [0, 0.05) is 69.9 Å². The number of unbranched alkanes of at least 4 members (excludes halogenated alkanes) is 7. The van der Waals surface area contributed by atoms with Gasteiger partial charge in [0.25, 0.3) is 11.8 Å². The summed E-state index contributed by atoms with van der Waals surface area (Å²) in [5, 5.41) is 11.4. The van der Waals surface area contributed by atoms with E-state index >= 15 is 0 Å². The summed E-state index contributed by atoms with van der Waals surface area (Å²) in [5.74, 6) is 0.101. The van der Waals surface area contributed by atoms with Crippen molar-refractivity contribution >= 4 is 52.1 Å². The van der Waals surface area contributed by atoms with Crippen LogP contribution in [0.25, 0.3) is 22.3 Å². The standard InChI is InChI=1S/C53H65N11O6/c54-49-47-48(37-21-23-40(24-22-37)70-39-16-8-7-9-17-39)59-64(50(47)57-36-56-49)38-15-13-30-62(35-38)45(66)20-14-29-61-33-31-60(32-34-61)28-11-6-4-2-1-3-5-10-27-55-42-19-12-18-41-46(42)53(69)63(52(41)68)43-25-26-44(65)58-51(43)67/h7-9,12,16-19,21-24,36,38,43,55H,1-6,10-11,13-15,20,25-35H2,(H2,54,56,57)(H,58,65,67)/t38-,43?/m1/s1. The molecule has 4 aliphatic heterocycles. The molecule has 9 rings (SSSR count). The third kappa shape index (κ3) is 11.3. The Balaban J connectivity index is 0.626. The van der Waals surface area contributed by atoms with E-state index in [1.165, 1.54) is 38.4 Å².